The smallest absolute Gasteiger partial charge is 0.337 e. The number of methoxy groups -OCH3 is 1. The average Bonchev–Trinajstić information content (AvgIpc) is 2.68. The molecule has 2 N–H and O–H groups in total. The molecule has 0 atom stereocenters. The SMILES string of the molecule is COc1ccccc1-c1ccc(F)cc1C(=O)Nc1ccc(C(=O)O)cn1. The number of hydrogen-bond donors (Lipinski definition) is 2. The number of aromatic carboxylic acids is 1. The number of benzene rings is 2. The number of anilines is 1. The molecule has 3 aromatic rings. The Morgan fingerprint density at radius 3 is 2.52 bits per heavy atom. The number of pyridine rings is 1. The third-order valence-corrected chi connectivity index (χ3v) is 3.88. The number of aromatic nitrogens is 1. The molecule has 1 aromatic heterocycles. The standard InChI is InChI=1S/C20H15FN2O4/c1-27-17-5-3-2-4-15(17)14-8-7-13(21)10-16(14)19(24)23-18-9-6-12(11-22-18)20(25)26/h2-11H,1H3,(H,25,26)(H,22,23,24). The second-order valence-corrected chi connectivity index (χ2v) is 5.58. The summed E-state index contributed by atoms with van der Waals surface area (Å²) in [5.74, 6) is -1.56. The molecule has 0 radical (unpaired) electrons. The maximum absolute atomic E-state index is 13.8. The third kappa shape index (κ3) is 3.92. The number of nitrogens with one attached hydrogen (secondary N) is 1. The number of halogens is 1. The summed E-state index contributed by atoms with van der Waals surface area (Å²) in [7, 11) is 1.51. The Bertz CT molecular complexity index is 1000. The Hall–Kier alpha value is -3.74. The van der Waals surface area contributed by atoms with Crippen LogP contribution in [-0.4, -0.2) is 29.1 Å². The highest BCUT2D eigenvalue weighted by Crippen LogP contribution is 2.32. The van der Waals surface area contributed by atoms with Crippen molar-refractivity contribution in [1.82, 2.24) is 4.98 Å². The number of carbonyl (C=O) groups is 2. The Morgan fingerprint density at radius 2 is 1.85 bits per heavy atom. The van der Waals surface area contributed by atoms with Gasteiger partial charge >= 0.3 is 5.97 Å². The molecular weight excluding hydrogens is 351 g/mol. The summed E-state index contributed by atoms with van der Waals surface area (Å²) in [6.45, 7) is 0. The largest absolute Gasteiger partial charge is 0.496 e. The quantitative estimate of drug-likeness (QED) is 0.716. The van der Waals surface area contributed by atoms with Crippen molar-refractivity contribution in [3.8, 4) is 16.9 Å². The lowest BCUT2D eigenvalue weighted by Crippen LogP contribution is -2.15. The molecule has 0 unspecified atom stereocenters. The van der Waals surface area contributed by atoms with Crippen molar-refractivity contribution in [2.75, 3.05) is 12.4 Å². The van der Waals surface area contributed by atoms with Crippen molar-refractivity contribution < 1.29 is 23.8 Å². The van der Waals surface area contributed by atoms with Gasteiger partial charge in [0.2, 0.25) is 0 Å². The van der Waals surface area contributed by atoms with E-state index in [0.29, 0.717) is 16.9 Å². The maximum atomic E-state index is 13.8. The number of para-hydroxylation sites is 1. The predicted molar refractivity (Wildman–Crippen MR) is 97.5 cm³/mol. The minimum absolute atomic E-state index is 0.00605. The first-order chi connectivity index (χ1) is 13.0. The van der Waals surface area contributed by atoms with Crippen LogP contribution in [0, 0.1) is 5.82 Å². The van der Waals surface area contributed by atoms with E-state index < -0.39 is 17.7 Å². The zero-order valence-electron chi connectivity index (χ0n) is 14.3. The van der Waals surface area contributed by atoms with E-state index in [1.54, 1.807) is 24.3 Å². The number of ether oxygens (including phenoxy) is 1. The highest BCUT2D eigenvalue weighted by molar-refractivity contribution is 6.08. The summed E-state index contributed by atoms with van der Waals surface area (Å²) in [4.78, 5) is 27.5. The molecule has 0 saturated heterocycles. The molecule has 1 amide bonds. The molecule has 2 aromatic carbocycles. The number of amides is 1. The van der Waals surface area contributed by atoms with E-state index in [2.05, 4.69) is 10.3 Å². The van der Waals surface area contributed by atoms with Gasteiger partial charge in [0.05, 0.1) is 18.2 Å². The van der Waals surface area contributed by atoms with Crippen LogP contribution in [0.4, 0.5) is 10.2 Å². The maximum Gasteiger partial charge on any atom is 0.337 e. The summed E-state index contributed by atoms with van der Waals surface area (Å²) < 4.78 is 19.1. The van der Waals surface area contributed by atoms with Crippen LogP contribution < -0.4 is 10.1 Å². The molecule has 136 valence electrons. The topological polar surface area (TPSA) is 88.5 Å². The van der Waals surface area contributed by atoms with Gasteiger partial charge < -0.3 is 15.2 Å². The fourth-order valence-corrected chi connectivity index (χ4v) is 2.58. The summed E-state index contributed by atoms with van der Waals surface area (Å²) >= 11 is 0. The fourth-order valence-electron chi connectivity index (χ4n) is 2.58. The van der Waals surface area contributed by atoms with Crippen molar-refractivity contribution in [2.45, 2.75) is 0 Å². The molecule has 0 aliphatic rings. The van der Waals surface area contributed by atoms with Crippen molar-refractivity contribution in [3.63, 3.8) is 0 Å². The van der Waals surface area contributed by atoms with Gasteiger partial charge in [-0.15, -0.1) is 0 Å². The molecule has 1 heterocycles. The van der Waals surface area contributed by atoms with Gasteiger partial charge in [-0.05, 0) is 35.9 Å². The Kier molecular flexibility index (Phi) is 5.12. The van der Waals surface area contributed by atoms with Crippen LogP contribution in [0.25, 0.3) is 11.1 Å². The number of nitrogens with zero attached hydrogens (tertiary/aromatic N) is 1. The lowest BCUT2D eigenvalue weighted by Gasteiger charge is -2.13. The molecule has 27 heavy (non-hydrogen) atoms. The zero-order valence-corrected chi connectivity index (χ0v) is 14.3. The molecule has 0 spiro atoms. The van der Waals surface area contributed by atoms with Crippen LogP contribution in [0.1, 0.15) is 20.7 Å². The first kappa shape index (κ1) is 18.1. The van der Waals surface area contributed by atoms with Crippen molar-refractivity contribution >= 4 is 17.7 Å². The number of carboxylic acid groups (broad SMARTS) is 1. The van der Waals surface area contributed by atoms with E-state index in [1.165, 1.54) is 31.4 Å². The second-order valence-electron chi connectivity index (χ2n) is 5.58. The number of carboxylic acids is 1. The number of carbonyl (C=O) groups excluding carboxylic acids is 1. The zero-order chi connectivity index (χ0) is 19.4. The van der Waals surface area contributed by atoms with E-state index >= 15 is 0 Å². The lowest BCUT2D eigenvalue weighted by molar-refractivity contribution is 0.0696. The molecule has 0 bridgehead atoms. The van der Waals surface area contributed by atoms with Gasteiger partial charge in [-0.1, -0.05) is 24.3 Å². The average molecular weight is 366 g/mol. The first-order valence-corrected chi connectivity index (χ1v) is 7.93. The summed E-state index contributed by atoms with van der Waals surface area (Å²) in [5.41, 5.74) is 1.23. The van der Waals surface area contributed by atoms with Crippen molar-refractivity contribution in [2.24, 2.45) is 0 Å². The Balaban J connectivity index is 1.97. The third-order valence-electron chi connectivity index (χ3n) is 3.88. The highest BCUT2D eigenvalue weighted by atomic mass is 19.1. The molecule has 3 rings (SSSR count). The molecule has 0 aliphatic heterocycles. The molecule has 0 saturated carbocycles. The minimum atomic E-state index is -1.12. The number of hydrogen-bond acceptors (Lipinski definition) is 4. The molecule has 6 nitrogen and oxygen atoms in total. The summed E-state index contributed by atoms with van der Waals surface area (Å²) in [6, 6.07) is 13.7. The van der Waals surface area contributed by atoms with Crippen LogP contribution in [0.15, 0.2) is 60.8 Å². The lowest BCUT2D eigenvalue weighted by atomic mass is 9.98. The van der Waals surface area contributed by atoms with Gasteiger partial charge in [0.25, 0.3) is 5.91 Å². The molecular formula is C20H15FN2O4. The second kappa shape index (κ2) is 7.65. The van der Waals surface area contributed by atoms with E-state index in [-0.39, 0.29) is 16.9 Å². The Morgan fingerprint density at radius 1 is 1.07 bits per heavy atom. The van der Waals surface area contributed by atoms with E-state index in [9.17, 15) is 14.0 Å². The minimum Gasteiger partial charge on any atom is -0.496 e. The van der Waals surface area contributed by atoms with Gasteiger partial charge in [0, 0.05) is 11.8 Å². The van der Waals surface area contributed by atoms with Crippen LogP contribution in [0.3, 0.4) is 0 Å². The van der Waals surface area contributed by atoms with E-state index in [0.717, 1.165) is 12.3 Å². The summed E-state index contributed by atoms with van der Waals surface area (Å²) in [6.07, 6.45) is 1.13. The predicted octanol–water partition coefficient (Wildman–Crippen LogP) is 3.85. The van der Waals surface area contributed by atoms with Crippen LogP contribution in [0.5, 0.6) is 5.75 Å². The molecule has 0 aliphatic carbocycles. The molecule has 0 fully saturated rings. The van der Waals surface area contributed by atoms with Crippen LogP contribution in [-0.2, 0) is 0 Å². The van der Waals surface area contributed by atoms with Gasteiger partial charge in [0.1, 0.15) is 17.4 Å². The fraction of sp³-hybridized carbons (Fsp3) is 0.0500. The normalized spacial score (nSPS) is 10.3. The molecule has 7 heteroatoms. The highest BCUT2D eigenvalue weighted by Gasteiger charge is 2.17. The van der Waals surface area contributed by atoms with E-state index in [1.807, 2.05) is 0 Å². The van der Waals surface area contributed by atoms with Gasteiger partial charge in [-0.2, -0.15) is 0 Å². The number of rotatable bonds is 5. The van der Waals surface area contributed by atoms with Gasteiger partial charge in [-0.3, -0.25) is 4.79 Å². The van der Waals surface area contributed by atoms with Crippen molar-refractivity contribution in [1.29, 1.82) is 0 Å². The van der Waals surface area contributed by atoms with Gasteiger partial charge in [0.15, 0.2) is 0 Å². The Labute approximate surface area is 154 Å². The van der Waals surface area contributed by atoms with Gasteiger partial charge in [-0.25, -0.2) is 14.2 Å². The monoisotopic (exact) mass is 366 g/mol. The van der Waals surface area contributed by atoms with Crippen LogP contribution in [0.2, 0.25) is 0 Å². The first-order valence-electron chi connectivity index (χ1n) is 7.93. The summed E-state index contributed by atoms with van der Waals surface area (Å²) in [5, 5.41) is 11.4. The van der Waals surface area contributed by atoms with Crippen LogP contribution >= 0.6 is 0 Å². The van der Waals surface area contributed by atoms with Crippen molar-refractivity contribution in [3.05, 3.63) is 77.7 Å². The van der Waals surface area contributed by atoms with E-state index in [4.69, 9.17) is 9.84 Å².